The van der Waals surface area contributed by atoms with Gasteiger partial charge in [0.15, 0.2) is 0 Å². The zero-order chi connectivity index (χ0) is 20.4. The van der Waals surface area contributed by atoms with Gasteiger partial charge in [0, 0.05) is 37.8 Å². The number of benzene rings is 1. The Labute approximate surface area is 163 Å². The fourth-order valence-corrected chi connectivity index (χ4v) is 3.59. The van der Waals surface area contributed by atoms with Gasteiger partial charge in [-0.05, 0) is 38.5 Å². The van der Waals surface area contributed by atoms with Crippen LogP contribution in [0.1, 0.15) is 57.8 Å². The molecular formula is C20H22N4O4. The second kappa shape index (κ2) is 7.80. The summed E-state index contributed by atoms with van der Waals surface area (Å²) in [6, 6.07) is 6.19. The zero-order valence-corrected chi connectivity index (χ0v) is 16.0. The molecule has 2 heterocycles. The molecule has 0 saturated carbocycles. The molecule has 4 amide bonds. The van der Waals surface area contributed by atoms with E-state index in [2.05, 4.69) is 0 Å². The summed E-state index contributed by atoms with van der Waals surface area (Å²) in [5, 5.41) is 8.68. The van der Waals surface area contributed by atoms with E-state index in [-0.39, 0.29) is 41.7 Å². The van der Waals surface area contributed by atoms with Crippen molar-refractivity contribution in [3.63, 3.8) is 0 Å². The van der Waals surface area contributed by atoms with E-state index in [4.69, 9.17) is 5.26 Å². The highest BCUT2D eigenvalue weighted by Crippen LogP contribution is 2.26. The number of carbonyl (C=O) groups excluding carboxylic acids is 4. The third kappa shape index (κ3) is 3.48. The Hall–Kier alpha value is -3.21. The summed E-state index contributed by atoms with van der Waals surface area (Å²) in [7, 11) is 0. The molecule has 2 aliphatic rings. The number of nitriles is 1. The van der Waals surface area contributed by atoms with Gasteiger partial charge in [0.2, 0.25) is 5.91 Å². The first-order valence-electron chi connectivity index (χ1n) is 9.31. The summed E-state index contributed by atoms with van der Waals surface area (Å²) < 4.78 is 0. The molecule has 28 heavy (non-hydrogen) atoms. The van der Waals surface area contributed by atoms with Crippen LogP contribution in [0.4, 0.5) is 0 Å². The van der Waals surface area contributed by atoms with E-state index < -0.39 is 0 Å². The van der Waals surface area contributed by atoms with E-state index in [1.165, 1.54) is 17.0 Å². The van der Waals surface area contributed by atoms with Crippen LogP contribution in [-0.2, 0) is 4.79 Å². The zero-order valence-electron chi connectivity index (χ0n) is 16.0. The predicted octanol–water partition coefficient (Wildman–Crippen LogP) is 1.28. The Balaban J connectivity index is 1.76. The molecule has 0 aliphatic carbocycles. The number of fused-ring (bicyclic) bond motifs is 1. The molecule has 0 bridgehead atoms. The number of imide groups is 1. The predicted molar refractivity (Wildman–Crippen MR) is 99.4 cm³/mol. The second-order valence-corrected chi connectivity index (χ2v) is 7.20. The summed E-state index contributed by atoms with van der Waals surface area (Å²) in [5.74, 6) is -1.18. The van der Waals surface area contributed by atoms with Crippen LogP contribution in [0.2, 0.25) is 0 Å². The smallest absolute Gasteiger partial charge is 0.261 e. The maximum atomic E-state index is 12.9. The van der Waals surface area contributed by atoms with Crippen LogP contribution in [0, 0.1) is 11.3 Å². The summed E-state index contributed by atoms with van der Waals surface area (Å²) in [6.45, 7) is 5.25. The van der Waals surface area contributed by atoms with E-state index in [9.17, 15) is 19.2 Å². The molecule has 0 N–H and O–H groups in total. The number of carbonyl (C=O) groups is 4. The minimum atomic E-state index is -0.381. The molecular weight excluding hydrogens is 360 g/mol. The molecule has 0 atom stereocenters. The summed E-state index contributed by atoms with van der Waals surface area (Å²) in [4.78, 5) is 54.2. The number of hydrogen-bond acceptors (Lipinski definition) is 5. The quantitative estimate of drug-likeness (QED) is 0.733. The average Bonchev–Trinajstić information content (AvgIpc) is 2.83. The number of rotatable bonds is 3. The van der Waals surface area contributed by atoms with Crippen LogP contribution in [0.15, 0.2) is 18.2 Å². The Morgan fingerprint density at radius 2 is 1.68 bits per heavy atom. The third-order valence-corrected chi connectivity index (χ3v) is 5.05. The monoisotopic (exact) mass is 382 g/mol. The third-order valence-electron chi connectivity index (χ3n) is 5.05. The van der Waals surface area contributed by atoms with Gasteiger partial charge in [0.1, 0.15) is 6.42 Å². The van der Waals surface area contributed by atoms with E-state index in [1.54, 1.807) is 29.7 Å². The number of hydrogen-bond donors (Lipinski definition) is 0. The molecule has 8 nitrogen and oxygen atoms in total. The van der Waals surface area contributed by atoms with Crippen molar-refractivity contribution in [1.82, 2.24) is 14.7 Å². The van der Waals surface area contributed by atoms with Gasteiger partial charge >= 0.3 is 0 Å². The summed E-state index contributed by atoms with van der Waals surface area (Å²) in [5.41, 5.74) is 0.923. The largest absolute Gasteiger partial charge is 0.340 e. The lowest BCUT2D eigenvalue weighted by molar-refractivity contribution is -0.130. The fraction of sp³-hybridized carbons (Fsp3) is 0.450. The van der Waals surface area contributed by atoms with Crippen LogP contribution < -0.4 is 0 Å². The van der Waals surface area contributed by atoms with Gasteiger partial charge < -0.3 is 9.80 Å². The van der Waals surface area contributed by atoms with Crippen molar-refractivity contribution < 1.29 is 19.2 Å². The minimum absolute atomic E-state index is 0.165. The maximum absolute atomic E-state index is 12.9. The topological polar surface area (TPSA) is 102 Å². The standard InChI is InChI=1S/C20H22N4O4/c1-13(2)24-19(27)15-5-4-14(12-16(15)20(24)28)18(26)23-9-3-8-22(10-11-23)17(25)6-7-21/h4-5,12-13H,3,6,8-11H2,1-2H3. The first-order valence-corrected chi connectivity index (χ1v) is 9.31. The fourth-order valence-electron chi connectivity index (χ4n) is 3.59. The normalized spacial score (nSPS) is 16.9. The Morgan fingerprint density at radius 3 is 2.36 bits per heavy atom. The Morgan fingerprint density at radius 1 is 1.04 bits per heavy atom. The molecule has 1 aromatic rings. The highest BCUT2D eigenvalue weighted by Gasteiger charge is 2.37. The van der Waals surface area contributed by atoms with Crippen molar-refractivity contribution in [3.8, 4) is 6.07 Å². The van der Waals surface area contributed by atoms with Gasteiger partial charge in [-0.2, -0.15) is 5.26 Å². The molecule has 0 unspecified atom stereocenters. The van der Waals surface area contributed by atoms with Gasteiger partial charge in [-0.1, -0.05) is 0 Å². The molecule has 1 saturated heterocycles. The van der Waals surface area contributed by atoms with Gasteiger partial charge in [-0.3, -0.25) is 24.1 Å². The lowest BCUT2D eigenvalue weighted by Crippen LogP contribution is -2.37. The summed E-state index contributed by atoms with van der Waals surface area (Å²) in [6.07, 6.45) is 0.452. The SMILES string of the molecule is CC(C)N1C(=O)c2ccc(C(=O)N3CCCN(C(=O)CC#N)CC3)cc2C1=O. The number of nitrogens with zero attached hydrogens (tertiary/aromatic N) is 4. The number of amides is 4. The molecule has 1 aromatic carbocycles. The van der Waals surface area contributed by atoms with E-state index >= 15 is 0 Å². The van der Waals surface area contributed by atoms with Crippen molar-refractivity contribution in [2.24, 2.45) is 0 Å². The second-order valence-electron chi connectivity index (χ2n) is 7.20. The van der Waals surface area contributed by atoms with Crippen molar-refractivity contribution in [2.45, 2.75) is 32.7 Å². The summed E-state index contributed by atoms with van der Waals surface area (Å²) >= 11 is 0. The van der Waals surface area contributed by atoms with Crippen LogP contribution in [0.3, 0.4) is 0 Å². The van der Waals surface area contributed by atoms with Crippen molar-refractivity contribution in [3.05, 3.63) is 34.9 Å². The highest BCUT2D eigenvalue weighted by molar-refractivity contribution is 6.22. The van der Waals surface area contributed by atoms with Crippen molar-refractivity contribution >= 4 is 23.6 Å². The molecule has 0 aromatic heterocycles. The van der Waals surface area contributed by atoms with Crippen molar-refractivity contribution in [1.29, 1.82) is 5.26 Å². The van der Waals surface area contributed by atoms with Crippen LogP contribution in [0.25, 0.3) is 0 Å². The van der Waals surface area contributed by atoms with Crippen LogP contribution in [-0.4, -0.2) is 70.5 Å². The van der Waals surface area contributed by atoms with Gasteiger partial charge in [-0.15, -0.1) is 0 Å². The Bertz CT molecular complexity index is 887. The molecule has 0 spiro atoms. The maximum Gasteiger partial charge on any atom is 0.261 e. The minimum Gasteiger partial charge on any atom is -0.340 e. The first-order chi connectivity index (χ1) is 13.3. The lowest BCUT2D eigenvalue weighted by Gasteiger charge is -2.22. The van der Waals surface area contributed by atoms with E-state index in [0.717, 1.165) is 0 Å². The first kappa shape index (κ1) is 19.5. The van der Waals surface area contributed by atoms with Gasteiger partial charge in [0.05, 0.1) is 17.2 Å². The molecule has 2 aliphatic heterocycles. The van der Waals surface area contributed by atoms with Gasteiger partial charge in [0.25, 0.3) is 17.7 Å². The molecule has 3 rings (SSSR count). The van der Waals surface area contributed by atoms with Gasteiger partial charge in [-0.25, -0.2) is 0 Å². The van der Waals surface area contributed by atoms with E-state index in [1.807, 2.05) is 6.07 Å². The lowest BCUT2D eigenvalue weighted by atomic mass is 10.0. The highest BCUT2D eigenvalue weighted by atomic mass is 16.2. The molecule has 1 fully saturated rings. The van der Waals surface area contributed by atoms with Crippen LogP contribution >= 0.6 is 0 Å². The molecule has 146 valence electrons. The molecule has 8 heteroatoms. The van der Waals surface area contributed by atoms with E-state index in [0.29, 0.717) is 43.7 Å². The van der Waals surface area contributed by atoms with Crippen molar-refractivity contribution in [2.75, 3.05) is 26.2 Å². The average molecular weight is 382 g/mol. The Kier molecular flexibility index (Phi) is 5.45. The van der Waals surface area contributed by atoms with Crippen LogP contribution in [0.5, 0.6) is 0 Å². The molecule has 0 radical (unpaired) electrons.